The van der Waals surface area contributed by atoms with Crippen LogP contribution in [-0.2, 0) is 11.3 Å². The van der Waals surface area contributed by atoms with Gasteiger partial charge in [-0.1, -0.05) is 19.1 Å². The van der Waals surface area contributed by atoms with Gasteiger partial charge in [0.1, 0.15) is 11.5 Å². The summed E-state index contributed by atoms with van der Waals surface area (Å²) >= 11 is 1.37. The molecule has 0 aliphatic heterocycles. The molecule has 0 radical (unpaired) electrons. The van der Waals surface area contributed by atoms with Crippen LogP contribution in [0, 0.1) is 0 Å². The van der Waals surface area contributed by atoms with Gasteiger partial charge in [-0.25, -0.2) is 4.79 Å². The molecule has 0 amide bonds. The van der Waals surface area contributed by atoms with Crippen molar-refractivity contribution in [2.24, 2.45) is 0 Å². The Morgan fingerprint density at radius 3 is 2.76 bits per heavy atom. The van der Waals surface area contributed by atoms with E-state index in [1.165, 1.54) is 11.3 Å². The monoisotopic (exact) mass is 306 g/mol. The maximum atomic E-state index is 11.8. The molecule has 0 fully saturated rings. The molecule has 4 nitrogen and oxygen atoms in total. The van der Waals surface area contributed by atoms with E-state index >= 15 is 0 Å². The van der Waals surface area contributed by atoms with Crippen LogP contribution in [0.1, 0.15) is 28.6 Å². The van der Waals surface area contributed by atoms with Crippen LogP contribution in [0.3, 0.4) is 0 Å². The van der Waals surface area contributed by atoms with E-state index < -0.39 is 0 Å². The average Bonchev–Trinajstić information content (AvgIpc) is 3.05. The maximum absolute atomic E-state index is 11.8. The second-order valence-corrected chi connectivity index (χ2v) is 5.33. The van der Waals surface area contributed by atoms with Crippen molar-refractivity contribution in [3.8, 4) is 11.5 Å². The van der Waals surface area contributed by atoms with Crippen LogP contribution in [0.5, 0.6) is 11.5 Å². The zero-order valence-corrected chi connectivity index (χ0v) is 12.9. The number of hydrogen-bond acceptors (Lipinski definition) is 5. The minimum Gasteiger partial charge on any atom is -0.493 e. The van der Waals surface area contributed by atoms with E-state index in [1.54, 1.807) is 13.2 Å². The van der Waals surface area contributed by atoms with Crippen LogP contribution in [0.2, 0.25) is 0 Å². The zero-order chi connectivity index (χ0) is 15.1. The number of esters is 1. The molecule has 0 aliphatic carbocycles. The first-order valence-corrected chi connectivity index (χ1v) is 7.63. The van der Waals surface area contributed by atoms with E-state index in [2.05, 4.69) is 0 Å². The summed E-state index contributed by atoms with van der Waals surface area (Å²) < 4.78 is 16.2. The highest BCUT2D eigenvalue weighted by Crippen LogP contribution is 2.28. The fourth-order valence-electron chi connectivity index (χ4n) is 1.75. The summed E-state index contributed by atoms with van der Waals surface area (Å²) in [4.78, 5) is 12.4. The van der Waals surface area contributed by atoms with Gasteiger partial charge >= 0.3 is 5.97 Å². The maximum Gasteiger partial charge on any atom is 0.348 e. The summed E-state index contributed by atoms with van der Waals surface area (Å²) in [5.74, 6) is 1.04. The Balaban J connectivity index is 1.99. The van der Waals surface area contributed by atoms with Gasteiger partial charge < -0.3 is 14.2 Å². The lowest BCUT2D eigenvalue weighted by atomic mass is 10.2. The minimum absolute atomic E-state index is 0.209. The summed E-state index contributed by atoms with van der Waals surface area (Å²) in [7, 11) is 1.59. The number of thiophene rings is 1. The SMILES string of the molecule is CCCOc1ccc(COC(=O)c2cccs2)cc1OC. The number of ether oxygens (including phenoxy) is 3. The Labute approximate surface area is 128 Å². The summed E-state index contributed by atoms with van der Waals surface area (Å²) in [5, 5.41) is 1.85. The van der Waals surface area contributed by atoms with Crippen molar-refractivity contribution < 1.29 is 19.0 Å². The van der Waals surface area contributed by atoms with Crippen molar-refractivity contribution in [2.45, 2.75) is 20.0 Å². The van der Waals surface area contributed by atoms with Gasteiger partial charge in [0.15, 0.2) is 11.5 Å². The van der Waals surface area contributed by atoms with Crippen molar-refractivity contribution in [3.05, 3.63) is 46.2 Å². The van der Waals surface area contributed by atoms with Gasteiger partial charge in [0.25, 0.3) is 0 Å². The molecule has 0 bridgehead atoms. The number of hydrogen-bond donors (Lipinski definition) is 0. The third kappa shape index (κ3) is 4.23. The molecule has 0 saturated heterocycles. The third-order valence-electron chi connectivity index (χ3n) is 2.78. The number of benzene rings is 1. The number of carbonyl (C=O) groups is 1. The first-order valence-electron chi connectivity index (χ1n) is 6.75. The molecule has 112 valence electrons. The van der Waals surface area contributed by atoms with Crippen LogP contribution >= 0.6 is 11.3 Å². The molecule has 0 aliphatic rings. The van der Waals surface area contributed by atoms with Gasteiger partial charge in [0.2, 0.25) is 0 Å². The van der Waals surface area contributed by atoms with Gasteiger partial charge in [-0.15, -0.1) is 11.3 Å². The van der Waals surface area contributed by atoms with Crippen LogP contribution in [0.4, 0.5) is 0 Å². The number of methoxy groups -OCH3 is 1. The van der Waals surface area contributed by atoms with Crippen LogP contribution < -0.4 is 9.47 Å². The molecular weight excluding hydrogens is 288 g/mol. The van der Waals surface area contributed by atoms with Gasteiger partial charge in [-0.3, -0.25) is 0 Å². The standard InChI is InChI=1S/C16H18O4S/c1-3-8-19-13-7-6-12(10-14(13)18-2)11-20-16(17)15-5-4-9-21-15/h4-7,9-10H,3,8,11H2,1-2H3. The second kappa shape index (κ2) is 7.69. The Hall–Kier alpha value is -2.01. The first-order chi connectivity index (χ1) is 10.2. The number of carbonyl (C=O) groups excluding carboxylic acids is 1. The van der Waals surface area contributed by atoms with E-state index in [1.807, 2.05) is 36.6 Å². The van der Waals surface area contributed by atoms with Crippen LogP contribution in [-0.4, -0.2) is 19.7 Å². The normalized spacial score (nSPS) is 10.2. The van der Waals surface area contributed by atoms with Crippen molar-refractivity contribution in [1.82, 2.24) is 0 Å². The highest BCUT2D eigenvalue weighted by molar-refractivity contribution is 7.11. The fraction of sp³-hybridized carbons (Fsp3) is 0.312. The lowest BCUT2D eigenvalue weighted by Gasteiger charge is -2.11. The molecule has 1 aromatic carbocycles. The highest BCUT2D eigenvalue weighted by Gasteiger charge is 2.10. The second-order valence-electron chi connectivity index (χ2n) is 4.39. The predicted octanol–water partition coefficient (Wildman–Crippen LogP) is 3.90. The van der Waals surface area contributed by atoms with Crippen LogP contribution in [0.25, 0.3) is 0 Å². The van der Waals surface area contributed by atoms with E-state index in [-0.39, 0.29) is 12.6 Å². The molecule has 2 aromatic rings. The number of rotatable bonds is 7. The summed E-state index contributed by atoms with van der Waals surface area (Å²) in [6.07, 6.45) is 0.934. The smallest absolute Gasteiger partial charge is 0.348 e. The lowest BCUT2D eigenvalue weighted by molar-refractivity contribution is 0.0478. The molecule has 1 heterocycles. The summed E-state index contributed by atoms with van der Waals surface area (Å²) in [6.45, 7) is 2.90. The molecule has 0 spiro atoms. The predicted molar refractivity (Wildman–Crippen MR) is 82.2 cm³/mol. The fourth-order valence-corrected chi connectivity index (χ4v) is 2.36. The minimum atomic E-state index is -0.310. The van der Waals surface area contributed by atoms with E-state index in [9.17, 15) is 4.79 Å². The molecule has 2 rings (SSSR count). The Bertz CT molecular complexity index is 578. The van der Waals surface area contributed by atoms with Gasteiger partial charge in [0, 0.05) is 0 Å². The van der Waals surface area contributed by atoms with E-state index in [4.69, 9.17) is 14.2 Å². The molecular formula is C16H18O4S. The van der Waals surface area contributed by atoms with E-state index in [0.29, 0.717) is 23.0 Å². The van der Waals surface area contributed by atoms with Crippen molar-refractivity contribution in [3.63, 3.8) is 0 Å². The summed E-state index contributed by atoms with van der Waals surface area (Å²) in [5.41, 5.74) is 0.862. The molecule has 0 atom stereocenters. The molecule has 21 heavy (non-hydrogen) atoms. The van der Waals surface area contributed by atoms with E-state index in [0.717, 1.165) is 12.0 Å². The zero-order valence-electron chi connectivity index (χ0n) is 12.1. The Morgan fingerprint density at radius 1 is 1.24 bits per heavy atom. The van der Waals surface area contributed by atoms with Gasteiger partial charge in [-0.05, 0) is 35.6 Å². The molecule has 0 saturated carbocycles. The molecule has 0 N–H and O–H groups in total. The first kappa shape index (κ1) is 15.4. The average molecular weight is 306 g/mol. The van der Waals surface area contributed by atoms with Crippen molar-refractivity contribution >= 4 is 17.3 Å². The third-order valence-corrected chi connectivity index (χ3v) is 3.63. The quantitative estimate of drug-likeness (QED) is 0.728. The highest BCUT2D eigenvalue weighted by atomic mass is 32.1. The van der Waals surface area contributed by atoms with Crippen LogP contribution in [0.15, 0.2) is 35.7 Å². The van der Waals surface area contributed by atoms with Gasteiger partial charge in [-0.2, -0.15) is 0 Å². The largest absolute Gasteiger partial charge is 0.493 e. The molecule has 1 aromatic heterocycles. The topological polar surface area (TPSA) is 44.8 Å². The Morgan fingerprint density at radius 2 is 2.10 bits per heavy atom. The van der Waals surface area contributed by atoms with Gasteiger partial charge in [0.05, 0.1) is 13.7 Å². The van der Waals surface area contributed by atoms with Crippen molar-refractivity contribution in [2.75, 3.05) is 13.7 Å². The molecule has 0 unspecified atom stereocenters. The Kier molecular flexibility index (Phi) is 5.63. The lowest BCUT2D eigenvalue weighted by Crippen LogP contribution is -2.04. The summed E-state index contributed by atoms with van der Waals surface area (Å²) in [6, 6.07) is 9.10. The molecule has 5 heteroatoms. The van der Waals surface area contributed by atoms with Crippen molar-refractivity contribution in [1.29, 1.82) is 0 Å².